The SMILES string of the molecule is CC(CC1OCCc2ccccc21)Nc1ccccc1[C@@H](C)O. The van der Waals surface area contributed by atoms with Crippen molar-refractivity contribution in [1.29, 1.82) is 0 Å². The molecule has 2 N–H and O–H groups in total. The molecule has 0 radical (unpaired) electrons. The van der Waals surface area contributed by atoms with Crippen LogP contribution in [0.5, 0.6) is 0 Å². The molecule has 1 aliphatic heterocycles. The lowest BCUT2D eigenvalue weighted by molar-refractivity contribution is 0.0343. The monoisotopic (exact) mass is 311 g/mol. The van der Waals surface area contributed by atoms with Crippen molar-refractivity contribution in [2.75, 3.05) is 11.9 Å². The molecule has 0 bridgehead atoms. The van der Waals surface area contributed by atoms with Crippen LogP contribution in [-0.2, 0) is 11.2 Å². The summed E-state index contributed by atoms with van der Waals surface area (Å²) < 4.78 is 6.00. The van der Waals surface area contributed by atoms with Crippen LogP contribution >= 0.6 is 0 Å². The zero-order valence-electron chi connectivity index (χ0n) is 13.8. The van der Waals surface area contributed by atoms with Crippen LogP contribution in [0, 0.1) is 0 Å². The molecular formula is C20H25NO2. The van der Waals surface area contributed by atoms with E-state index in [9.17, 15) is 5.11 Å². The quantitative estimate of drug-likeness (QED) is 0.867. The van der Waals surface area contributed by atoms with Gasteiger partial charge in [-0.05, 0) is 43.9 Å². The molecule has 1 aliphatic rings. The molecule has 2 aromatic carbocycles. The lowest BCUT2D eigenvalue weighted by Crippen LogP contribution is -2.24. The summed E-state index contributed by atoms with van der Waals surface area (Å²) >= 11 is 0. The van der Waals surface area contributed by atoms with Gasteiger partial charge >= 0.3 is 0 Å². The summed E-state index contributed by atoms with van der Waals surface area (Å²) in [6.45, 7) is 4.75. The molecule has 0 amide bonds. The molecule has 3 nitrogen and oxygen atoms in total. The maximum absolute atomic E-state index is 9.90. The van der Waals surface area contributed by atoms with Gasteiger partial charge in [0.15, 0.2) is 0 Å². The molecule has 3 rings (SSSR count). The number of anilines is 1. The highest BCUT2D eigenvalue weighted by atomic mass is 16.5. The third-order valence-electron chi connectivity index (χ3n) is 4.47. The molecule has 0 saturated heterocycles. The van der Waals surface area contributed by atoms with Crippen molar-refractivity contribution < 1.29 is 9.84 Å². The molecule has 1 heterocycles. The number of rotatable bonds is 5. The Balaban J connectivity index is 1.70. The minimum absolute atomic E-state index is 0.140. The number of aliphatic hydroxyl groups is 1. The Hall–Kier alpha value is -1.84. The van der Waals surface area contributed by atoms with Crippen LogP contribution in [0.4, 0.5) is 5.69 Å². The summed E-state index contributed by atoms with van der Waals surface area (Å²) in [5, 5.41) is 13.4. The lowest BCUT2D eigenvalue weighted by Gasteiger charge is -2.29. The Kier molecular flexibility index (Phi) is 4.99. The normalized spacial score (nSPS) is 19.7. The van der Waals surface area contributed by atoms with E-state index in [-0.39, 0.29) is 12.1 Å². The van der Waals surface area contributed by atoms with Crippen molar-refractivity contribution in [3.63, 3.8) is 0 Å². The van der Waals surface area contributed by atoms with Gasteiger partial charge in [0.2, 0.25) is 0 Å². The van der Waals surface area contributed by atoms with Gasteiger partial charge in [-0.1, -0.05) is 42.5 Å². The fourth-order valence-corrected chi connectivity index (χ4v) is 3.31. The van der Waals surface area contributed by atoms with Gasteiger partial charge in [0.05, 0.1) is 18.8 Å². The van der Waals surface area contributed by atoms with E-state index in [4.69, 9.17) is 4.74 Å². The number of nitrogens with one attached hydrogen (secondary N) is 1. The van der Waals surface area contributed by atoms with Crippen molar-refractivity contribution in [2.45, 2.75) is 44.9 Å². The highest BCUT2D eigenvalue weighted by Crippen LogP contribution is 2.31. The molecule has 3 heteroatoms. The number of benzene rings is 2. The summed E-state index contributed by atoms with van der Waals surface area (Å²) in [5.74, 6) is 0. The zero-order chi connectivity index (χ0) is 16.2. The molecule has 0 aliphatic carbocycles. The Labute approximate surface area is 138 Å². The van der Waals surface area contributed by atoms with E-state index in [2.05, 4.69) is 36.5 Å². The smallest absolute Gasteiger partial charge is 0.0847 e. The van der Waals surface area contributed by atoms with Gasteiger partial charge < -0.3 is 15.2 Å². The standard InChI is InChI=1S/C20H25NO2/c1-14(21-19-10-6-5-8-17(19)15(2)22)13-20-18-9-4-3-7-16(18)11-12-23-20/h3-10,14-15,20-22H,11-13H2,1-2H3/t14?,15-,20?/m1/s1. The van der Waals surface area contributed by atoms with Crippen LogP contribution in [0.3, 0.4) is 0 Å². The second kappa shape index (κ2) is 7.16. The number of ether oxygens (including phenoxy) is 1. The molecule has 0 fully saturated rings. The van der Waals surface area contributed by atoms with E-state index in [1.54, 1.807) is 6.92 Å². The van der Waals surface area contributed by atoms with Crippen LogP contribution in [0.15, 0.2) is 48.5 Å². The van der Waals surface area contributed by atoms with E-state index < -0.39 is 6.10 Å². The molecule has 0 aromatic heterocycles. The van der Waals surface area contributed by atoms with Crippen molar-refractivity contribution >= 4 is 5.69 Å². The third-order valence-corrected chi connectivity index (χ3v) is 4.47. The van der Waals surface area contributed by atoms with Crippen molar-refractivity contribution in [3.8, 4) is 0 Å². The summed E-state index contributed by atoms with van der Waals surface area (Å²) in [6, 6.07) is 16.8. The fraction of sp³-hybridized carbons (Fsp3) is 0.400. The van der Waals surface area contributed by atoms with Crippen LogP contribution in [0.1, 0.15) is 49.2 Å². The first-order valence-electron chi connectivity index (χ1n) is 8.38. The highest BCUT2D eigenvalue weighted by molar-refractivity contribution is 5.52. The van der Waals surface area contributed by atoms with Gasteiger partial charge in [0.1, 0.15) is 0 Å². The lowest BCUT2D eigenvalue weighted by atomic mass is 9.94. The Morgan fingerprint density at radius 1 is 1.13 bits per heavy atom. The number of fused-ring (bicyclic) bond motifs is 1. The first kappa shape index (κ1) is 16.0. The van der Waals surface area contributed by atoms with E-state index in [0.717, 1.165) is 30.7 Å². The molecule has 122 valence electrons. The average Bonchev–Trinajstić information content (AvgIpc) is 2.55. The van der Waals surface area contributed by atoms with Crippen LogP contribution in [0.2, 0.25) is 0 Å². The van der Waals surface area contributed by atoms with Gasteiger partial charge in [-0.3, -0.25) is 0 Å². The topological polar surface area (TPSA) is 41.5 Å². The fourth-order valence-electron chi connectivity index (χ4n) is 3.31. The second-order valence-electron chi connectivity index (χ2n) is 6.35. The average molecular weight is 311 g/mol. The van der Waals surface area contributed by atoms with Crippen LogP contribution in [-0.4, -0.2) is 17.8 Å². The zero-order valence-corrected chi connectivity index (χ0v) is 13.8. The van der Waals surface area contributed by atoms with E-state index in [1.165, 1.54) is 11.1 Å². The van der Waals surface area contributed by atoms with Gasteiger partial charge in [0, 0.05) is 17.3 Å². The number of hydrogen-bond donors (Lipinski definition) is 2. The highest BCUT2D eigenvalue weighted by Gasteiger charge is 2.22. The Bertz CT molecular complexity index is 654. The third kappa shape index (κ3) is 3.74. The molecule has 2 unspecified atom stereocenters. The first-order valence-corrected chi connectivity index (χ1v) is 8.38. The summed E-state index contributed by atoms with van der Waals surface area (Å²) in [5.41, 5.74) is 4.65. The molecule has 2 aromatic rings. The maximum atomic E-state index is 9.90. The van der Waals surface area contributed by atoms with Gasteiger partial charge in [-0.2, -0.15) is 0 Å². The number of hydrogen-bond acceptors (Lipinski definition) is 3. The van der Waals surface area contributed by atoms with Crippen LogP contribution < -0.4 is 5.32 Å². The predicted molar refractivity (Wildman–Crippen MR) is 93.6 cm³/mol. The Morgan fingerprint density at radius 2 is 1.87 bits per heavy atom. The summed E-state index contributed by atoms with van der Waals surface area (Å²) in [7, 11) is 0. The van der Waals surface area contributed by atoms with Crippen molar-refractivity contribution in [1.82, 2.24) is 0 Å². The van der Waals surface area contributed by atoms with E-state index >= 15 is 0 Å². The molecule has 0 saturated carbocycles. The molecule has 3 atom stereocenters. The van der Waals surface area contributed by atoms with Crippen molar-refractivity contribution in [3.05, 3.63) is 65.2 Å². The molecular weight excluding hydrogens is 286 g/mol. The van der Waals surface area contributed by atoms with E-state index in [0.29, 0.717) is 0 Å². The van der Waals surface area contributed by atoms with Crippen molar-refractivity contribution in [2.24, 2.45) is 0 Å². The van der Waals surface area contributed by atoms with Gasteiger partial charge in [-0.25, -0.2) is 0 Å². The van der Waals surface area contributed by atoms with Gasteiger partial charge in [-0.15, -0.1) is 0 Å². The van der Waals surface area contributed by atoms with Gasteiger partial charge in [0.25, 0.3) is 0 Å². The first-order chi connectivity index (χ1) is 11.1. The minimum atomic E-state index is -0.474. The second-order valence-corrected chi connectivity index (χ2v) is 6.35. The van der Waals surface area contributed by atoms with E-state index in [1.807, 2.05) is 24.3 Å². The number of aliphatic hydroxyl groups excluding tert-OH is 1. The van der Waals surface area contributed by atoms with Crippen LogP contribution in [0.25, 0.3) is 0 Å². The molecule has 0 spiro atoms. The minimum Gasteiger partial charge on any atom is -0.389 e. The largest absolute Gasteiger partial charge is 0.389 e. The summed E-state index contributed by atoms with van der Waals surface area (Å²) in [6.07, 6.45) is 1.57. The number of para-hydroxylation sites is 1. The summed E-state index contributed by atoms with van der Waals surface area (Å²) in [4.78, 5) is 0. The Morgan fingerprint density at radius 3 is 2.70 bits per heavy atom. The predicted octanol–water partition coefficient (Wildman–Crippen LogP) is 4.24. The maximum Gasteiger partial charge on any atom is 0.0847 e. The molecule has 23 heavy (non-hydrogen) atoms.